The van der Waals surface area contributed by atoms with Gasteiger partial charge in [0.1, 0.15) is 17.1 Å². The summed E-state index contributed by atoms with van der Waals surface area (Å²) < 4.78 is 0. The van der Waals surface area contributed by atoms with Crippen molar-refractivity contribution in [2.24, 2.45) is 17.6 Å². The topological polar surface area (TPSA) is 226 Å². The first-order chi connectivity index (χ1) is 19.7. The number of hydrazine groups is 1. The lowest BCUT2D eigenvalue weighted by atomic mass is 9.56. The van der Waals surface area contributed by atoms with E-state index in [1.807, 2.05) is 5.01 Å². The van der Waals surface area contributed by atoms with Crippen molar-refractivity contribution in [2.45, 2.75) is 43.4 Å². The Balaban J connectivity index is 1.50. The molecule has 14 heteroatoms. The number of carbonyl (C=O) groups excluding carboxylic acids is 4. The number of Topliss-reactive ketones (excluding diaryl/α,β-unsaturated/α-hetero) is 2. The molecule has 1 aromatic carbocycles. The zero-order valence-electron chi connectivity index (χ0n) is 23.3. The molecule has 4 aliphatic rings. The minimum atomic E-state index is -3.06. The number of aromatic hydroxyl groups is 1. The summed E-state index contributed by atoms with van der Waals surface area (Å²) in [6, 6.07) is 3.02. The highest BCUT2D eigenvalue weighted by Crippen LogP contribution is 2.55. The number of aliphatic hydroxyl groups is 4. The summed E-state index contributed by atoms with van der Waals surface area (Å²) in [5.74, 6) is -9.47. The molecular formula is C28H35N5O9. The summed E-state index contributed by atoms with van der Waals surface area (Å²) in [5, 5.41) is 60.9. The smallest absolute Gasteiger partial charge is 0.256 e. The molecule has 42 heavy (non-hydrogen) atoms. The van der Waals surface area contributed by atoms with Gasteiger partial charge in [0.2, 0.25) is 17.5 Å². The quantitative estimate of drug-likeness (QED) is 0.0890. The minimum absolute atomic E-state index is 0.0239. The van der Waals surface area contributed by atoms with Crippen LogP contribution in [-0.2, 0) is 25.6 Å². The highest BCUT2D eigenvalue weighted by molar-refractivity contribution is 6.33. The number of fused-ring (bicyclic) bond motifs is 3. The number of hydrogen-bond acceptors (Lipinski definition) is 12. The summed E-state index contributed by atoms with van der Waals surface area (Å²) in [5.41, 5.74) is 1.47. The van der Waals surface area contributed by atoms with E-state index in [1.54, 1.807) is 6.07 Å². The van der Waals surface area contributed by atoms with Crippen LogP contribution < -0.4 is 16.5 Å². The maximum atomic E-state index is 13.9. The average Bonchev–Trinajstić information content (AvgIpc) is 2.94. The van der Waals surface area contributed by atoms with Crippen molar-refractivity contribution in [3.63, 3.8) is 0 Å². The van der Waals surface area contributed by atoms with Gasteiger partial charge in [-0.1, -0.05) is 12.5 Å². The lowest BCUT2D eigenvalue weighted by Gasteiger charge is -2.53. The summed E-state index contributed by atoms with van der Waals surface area (Å²) in [6.45, 7) is 1.57. The number of ketones is 2. The van der Waals surface area contributed by atoms with E-state index in [-0.39, 0.29) is 36.2 Å². The van der Waals surface area contributed by atoms with E-state index in [0.717, 1.165) is 37.3 Å². The Kier molecular flexibility index (Phi) is 7.39. The van der Waals surface area contributed by atoms with Crippen LogP contribution in [0.5, 0.6) is 5.75 Å². The molecule has 1 heterocycles. The Bertz CT molecular complexity index is 1450. The SMILES string of the molecule is CN(C)C1(O)C(O)=C(C(N)=O)C(=O)C2(O)C(=O)C3=C(O)c4c(ccc(NC(=O)CNN5CCCCC5)c4O)CC3CC21. The molecule has 1 saturated heterocycles. The normalized spacial score (nSPS) is 29.7. The molecule has 0 aromatic heterocycles. The fourth-order valence-corrected chi connectivity index (χ4v) is 6.72. The first-order valence-corrected chi connectivity index (χ1v) is 13.8. The number of phenols is 1. The zero-order chi connectivity index (χ0) is 30.7. The molecule has 1 aliphatic heterocycles. The largest absolute Gasteiger partial charge is 0.507 e. The second kappa shape index (κ2) is 10.5. The zero-order valence-corrected chi connectivity index (χ0v) is 23.3. The monoisotopic (exact) mass is 585 g/mol. The van der Waals surface area contributed by atoms with Gasteiger partial charge in [0, 0.05) is 18.7 Å². The highest BCUT2D eigenvalue weighted by Gasteiger charge is 2.70. The molecule has 3 aliphatic carbocycles. The third kappa shape index (κ3) is 4.29. The number of likely N-dealkylation sites (N-methyl/N-ethyl adjacent to an activating group) is 1. The predicted molar refractivity (Wildman–Crippen MR) is 147 cm³/mol. The maximum absolute atomic E-state index is 13.9. The molecule has 0 radical (unpaired) electrons. The van der Waals surface area contributed by atoms with E-state index in [9.17, 15) is 44.7 Å². The number of primary amides is 1. The summed E-state index contributed by atoms with van der Waals surface area (Å²) in [7, 11) is 2.65. The Hall–Kier alpha value is -3.82. The number of benzene rings is 1. The number of carbonyl (C=O) groups is 4. The third-order valence-electron chi connectivity index (χ3n) is 8.91. The second-order valence-electron chi connectivity index (χ2n) is 11.5. The molecule has 226 valence electrons. The Labute approximate surface area is 241 Å². The van der Waals surface area contributed by atoms with Crippen molar-refractivity contribution in [2.75, 3.05) is 39.0 Å². The molecule has 4 unspecified atom stereocenters. The molecule has 14 nitrogen and oxygen atoms in total. The minimum Gasteiger partial charge on any atom is -0.507 e. The fraction of sp³-hybridized carbons (Fsp3) is 0.500. The molecule has 0 bridgehead atoms. The van der Waals surface area contributed by atoms with Crippen LogP contribution in [0.1, 0.15) is 36.8 Å². The first kappa shape index (κ1) is 29.7. The van der Waals surface area contributed by atoms with Crippen LogP contribution in [0, 0.1) is 11.8 Å². The fourth-order valence-electron chi connectivity index (χ4n) is 6.72. The van der Waals surface area contributed by atoms with Crippen molar-refractivity contribution in [3.05, 3.63) is 40.2 Å². The van der Waals surface area contributed by atoms with Crippen LogP contribution in [0.2, 0.25) is 0 Å². The molecule has 9 N–H and O–H groups in total. The molecule has 1 saturated carbocycles. The maximum Gasteiger partial charge on any atom is 0.256 e. The number of hydrogen-bond donors (Lipinski definition) is 8. The van der Waals surface area contributed by atoms with E-state index >= 15 is 0 Å². The lowest BCUT2D eigenvalue weighted by Crippen LogP contribution is -2.72. The van der Waals surface area contributed by atoms with Gasteiger partial charge < -0.3 is 36.6 Å². The summed E-state index contributed by atoms with van der Waals surface area (Å²) in [4.78, 5) is 53.1. The van der Waals surface area contributed by atoms with Gasteiger partial charge in [0.05, 0.1) is 23.7 Å². The van der Waals surface area contributed by atoms with Crippen LogP contribution in [0.4, 0.5) is 5.69 Å². The van der Waals surface area contributed by atoms with Crippen LogP contribution in [0.25, 0.3) is 5.76 Å². The van der Waals surface area contributed by atoms with Crippen molar-refractivity contribution < 1.29 is 44.7 Å². The van der Waals surface area contributed by atoms with E-state index in [0.29, 0.717) is 5.56 Å². The summed E-state index contributed by atoms with van der Waals surface area (Å²) in [6.07, 6.45) is 2.95. The average molecular weight is 586 g/mol. The van der Waals surface area contributed by atoms with Crippen LogP contribution >= 0.6 is 0 Å². The van der Waals surface area contributed by atoms with Crippen molar-refractivity contribution >= 4 is 34.8 Å². The van der Waals surface area contributed by atoms with Crippen molar-refractivity contribution in [1.82, 2.24) is 15.3 Å². The number of aliphatic hydroxyl groups excluding tert-OH is 2. The van der Waals surface area contributed by atoms with Gasteiger partial charge in [-0.25, -0.2) is 10.4 Å². The van der Waals surface area contributed by atoms with Crippen LogP contribution in [0.15, 0.2) is 29.0 Å². The number of piperidine rings is 1. The van der Waals surface area contributed by atoms with Gasteiger partial charge in [0.15, 0.2) is 17.1 Å². The second-order valence-corrected chi connectivity index (χ2v) is 11.5. The number of phenolic OH excluding ortho intramolecular Hbond substituents is 1. The predicted octanol–water partition coefficient (Wildman–Crippen LogP) is -0.787. The lowest BCUT2D eigenvalue weighted by molar-refractivity contribution is -0.204. The molecular weight excluding hydrogens is 550 g/mol. The number of nitrogens with one attached hydrogen (secondary N) is 2. The highest BCUT2D eigenvalue weighted by atomic mass is 16.4. The van der Waals surface area contributed by atoms with Gasteiger partial charge >= 0.3 is 0 Å². The van der Waals surface area contributed by atoms with Gasteiger partial charge in [-0.2, -0.15) is 0 Å². The van der Waals surface area contributed by atoms with Gasteiger partial charge in [-0.3, -0.25) is 24.1 Å². The Morgan fingerprint density at radius 3 is 2.36 bits per heavy atom. The van der Waals surface area contributed by atoms with Crippen molar-refractivity contribution in [1.29, 1.82) is 0 Å². The molecule has 5 rings (SSSR count). The van der Waals surface area contributed by atoms with Gasteiger partial charge in [0.25, 0.3) is 5.91 Å². The van der Waals surface area contributed by atoms with Crippen molar-refractivity contribution in [3.8, 4) is 5.75 Å². The van der Waals surface area contributed by atoms with Crippen LogP contribution in [-0.4, -0.2) is 104 Å². The standard InChI is InChI=1S/C28H35N5O9/c1-32(2)28(42)16-11-14-10-13-6-7-15(31-17(34)12-30-33-8-4-3-5-9-33)21(35)18(13)22(36)19(14)23(37)27(16,41)24(38)20(25(28)39)26(29)40/h6-7,14,16,30,35-36,39,41-42H,3-5,8-12H2,1-2H3,(H2,29,40)(H,31,34). The van der Waals surface area contributed by atoms with E-state index in [1.165, 1.54) is 20.2 Å². The molecule has 0 spiro atoms. The molecule has 2 amide bonds. The van der Waals surface area contributed by atoms with E-state index < -0.39 is 69.4 Å². The van der Waals surface area contributed by atoms with Gasteiger partial charge in [-0.15, -0.1) is 0 Å². The first-order valence-electron chi connectivity index (χ1n) is 13.8. The number of nitrogens with zero attached hydrogens (tertiary/aromatic N) is 2. The molecule has 2 fully saturated rings. The van der Waals surface area contributed by atoms with Crippen LogP contribution in [0.3, 0.4) is 0 Å². The molecule has 1 aromatic rings. The number of nitrogens with two attached hydrogens (primary N) is 1. The van der Waals surface area contributed by atoms with Gasteiger partial charge in [-0.05, 0) is 57.3 Å². The third-order valence-corrected chi connectivity index (χ3v) is 8.91. The summed E-state index contributed by atoms with van der Waals surface area (Å²) >= 11 is 0. The number of amides is 2. The Morgan fingerprint density at radius 1 is 1.07 bits per heavy atom. The van der Waals surface area contributed by atoms with E-state index in [4.69, 9.17) is 5.73 Å². The number of anilines is 1. The Morgan fingerprint density at radius 2 is 1.74 bits per heavy atom. The molecule has 4 atom stereocenters. The van der Waals surface area contributed by atoms with E-state index in [2.05, 4.69) is 10.7 Å². The number of rotatable bonds is 6.